The molecule has 1 aromatic rings. The fourth-order valence-corrected chi connectivity index (χ4v) is 5.01. The molecule has 0 aliphatic heterocycles. The second-order valence-electron chi connectivity index (χ2n) is 5.38. The Hall–Kier alpha value is -1.05. The highest BCUT2D eigenvalue weighted by molar-refractivity contribution is 7.70. The average molecular weight is 365 g/mol. The number of carboxylic acid groups (broad SMARTS) is 1. The van der Waals surface area contributed by atoms with Crippen LogP contribution < -0.4 is 5.32 Å². The van der Waals surface area contributed by atoms with Crippen molar-refractivity contribution >= 4 is 21.2 Å². The molecule has 11 heteroatoms. The Morgan fingerprint density at radius 1 is 1.17 bits per heavy atom. The lowest BCUT2D eigenvalue weighted by Gasteiger charge is -2.31. The molecule has 0 fully saturated rings. The van der Waals surface area contributed by atoms with Crippen molar-refractivity contribution in [2.45, 2.75) is 30.8 Å². The second-order valence-corrected chi connectivity index (χ2v) is 9.18. The van der Waals surface area contributed by atoms with Gasteiger partial charge in [0.25, 0.3) is 0 Å². The molecule has 0 saturated heterocycles. The number of hydrogen-bond acceptors (Lipinski definition) is 4. The highest BCUT2D eigenvalue weighted by Crippen LogP contribution is 2.59. The SMILES string of the molecule is O=C(O)c1ccc2c(c1)CCCC2NC(P(=O)(O)O)P(=O)(O)O. The predicted octanol–water partition coefficient (Wildman–Crippen LogP) is 0.991. The van der Waals surface area contributed by atoms with E-state index in [1.54, 1.807) is 0 Å². The van der Waals surface area contributed by atoms with Gasteiger partial charge in [-0.25, -0.2) is 4.79 Å². The van der Waals surface area contributed by atoms with E-state index < -0.39 is 32.7 Å². The van der Waals surface area contributed by atoms with Crippen LogP contribution in [0, 0.1) is 0 Å². The molecule has 0 heterocycles. The van der Waals surface area contributed by atoms with Crippen LogP contribution in [0.3, 0.4) is 0 Å². The third-order valence-corrected chi connectivity index (χ3v) is 7.07. The number of aryl methyl sites for hydroxylation is 1. The molecule has 0 aromatic heterocycles. The minimum atomic E-state index is -5.07. The third kappa shape index (κ3) is 4.28. The molecule has 23 heavy (non-hydrogen) atoms. The smallest absolute Gasteiger partial charge is 0.354 e. The molecule has 0 radical (unpaired) electrons. The van der Waals surface area contributed by atoms with Gasteiger partial charge in [-0.05, 0) is 42.5 Å². The molecule has 0 spiro atoms. The van der Waals surface area contributed by atoms with Crippen LogP contribution in [0.5, 0.6) is 0 Å². The highest BCUT2D eigenvalue weighted by atomic mass is 31.2. The maximum Gasteiger partial charge on any atom is 0.354 e. The van der Waals surface area contributed by atoms with Gasteiger partial charge in [-0.15, -0.1) is 0 Å². The minimum Gasteiger partial charge on any atom is -0.478 e. The van der Waals surface area contributed by atoms with E-state index in [0.717, 1.165) is 0 Å². The van der Waals surface area contributed by atoms with Gasteiger partial charge in [0.1, 0.15) is 0 Å². The Bertz CT molecular complexity index is 687. The van der Waals surface area contributed by atoms with Crippen LogP contribution >= 0.6 is 15.2 Å². The van der Waals surface area contributed by atoms with Crippen molar-refractivity contribution in [1.82, 2.24) is 5.32 Å². The average Bonchev–Trinajstić information content (AvgIpc) is 2.41. The molecule has 6 N–H and O–H groups in total. The van der Waals surface area contributed by atoms with Crippen molar-refractivity contribution in [2.75, 3.05) is 0 Å². The summed E-state index contributed by atoms with van der Waals surface area (Å²) in [4.78, 5) is 47.7. The lowest BCUT2D eigenvalue weighted by molar-refractivity contribution is 0.0696. The number of carboxylic acids is 1. The molecule has 1 unspecified atom stereocenters. The minimum absolute atomic E-state index is 0.0888. The van der Waals surface area contributed by atoms with Gasteiger partial charge >= 0.3 is 21.2 Å². The van der Waals surface area contributed by atoms with E-state index in [0.29, 0.717) is 30.4 Å². The lowest BCUT2D eigenvalue weighted by atomic mass is 9.86. The van der Waals surface area contributed by atoms with Crippen LogP contribution in [0.15, 0.2) is 18.2 Å². The van der Waals surface area contributed by atoms with Crippen molar-refractivity contribution in [3.8, 4) is 0 Å². The predicted molar refractivity (Wildman–Crippen MR) is 80.1 cm³/mol. The summed E-state index contributed by atoms with van der Waals surface area (Å²) in [6.45, 7) is 0. The molecule has 1 atom stereocenters. The van der Waals surface area contributed by atoms with Gasteiger partial charge in [-0.1, -0.05) is 6.07 Å². The van der Waals surface area contributed by atoms with Gasteiger partial charge in [0.05, 0.1) is 5.56 Å². The quantitative estimate of drug-likeness (QED) is 0.417. The van der Waals surface area contributed by atoms with Gasteiger partial charge in [0.15, 0.2) is 0 Å². The monoisotopic (exact) mass is 365 g/mol. The van der Waals surface area contributed by atoms with Gasteiger partial charge in [0, 0.05) is 6.04 Å². The van der Waals surface area contributed by atoms with Crippen LogP contribution in [0.1, 0.15) is 40.4 Å². The van der Waals surface area contributed by atoms with Crippen LogP contribution in [0.4, 0.5) is 0 Å². The Labute approximate surface area is 131 Å². The largest absolute Gasteiger partial charge is 0.478 e. The van der Waals surface area contributed by atoms with E-state index in [1.165, 1.54) is 18.2 Å². The van der Waals surface area contributed by atoms with Crippen LogP contribution in [0.25, 0.3) is 0 Å². The molecule has 128 valence electrons. The normalized spacial score (nSPS) is 18.7. The molecule has 0 saturated carbocycles. The number of nitrogens with one attached hydrogen (secondary N) is 1. The number of rotatable bonds is 5. The van der Waals surface area contributed by atoms with Crippen molar-refractivity contribution < 1.29 is 38.6 Å². The first-order chi connectivity index (χ1) is 10.5. The fraction of sp³-hybridized carbons (Fsp3) is 0.417. The topological polar surface area (TPSA) is 164 Å². The summed E-state index contributed by atoms with van der Waals surface area (Å²) in [5, 5.41) is 11.4. The zero-order valence-corrected chi connectivity index (χ0v) is 13.7. The van der Waals surface area contributed by atoms with E-state index in [2.05, 4.69) is 5.32 Å². The molecule has 0 amide bonds. The van der Waals surface area contributed by atoms with Crippen molar-refractivity contribution in [2.24, 2.45) is 0 Å². The summed E-state index contributed by atoms with van der Waals surface area (Å²) in [6, 6.07) is 3.65. The van der Waals surface area contributed by atoms with E-state index in [-0.39, 0.29) is 5.56 Å². The first-order valence-electron chi connectivity index (χ1n) is 6.73. The number of benzene rings is 1. The zero-order valence-electron chi connectivity index (χ0n) is 11.9. The molecular formula is C12H17NO8P2. The molecule has 1 aliphatic carbocycles. The molecule has 1 aliphatic rings. The maximum absolute atomic E-state index is 11.4. The summed E-state index contributed by atoms with van der Waals surface area (Å²) in [5.74, 6) is -1.09. The van der Waals surface area contributed by atoms with Crippen LogP contribution in [0.2, 0.25) is 0 Å². The standard InChI is InChI=1S/C12H17NO8P2/c14-11(15)8-4-5-9-7(6-8)2-1-3-10(9)13-12(22(16,17)18)23(19,20)21/h4-6,10,12-13H,1-3H2,(H,14,15)(H2,16,17,18)(H2,19,20,21). The van der Waals surface area contributed by atoms with Crippen LogP contribution in [-0.2, 0) is 15.6 Å². The van der Waals surface area contributed by atoms with Crippen molar-refractivity contribution in [3.63, 3.8) is 0 Å². The molecule has 0 bridgehead atoms. The molecule has 2 rings (SSSR count). The highest BCUT2D eigenvalue weighted by Gasteiger charge is 2.45. The lowest BCUT2D eigenvalue weighted by Crippen LogP contribution is -2.34. The number of fused-ring (bicyclic) bond motifs is 1. The summed E-state index contributed by atoms with van der Waals surface area (Å²) in [7, 11) is -10.1. The van der Waals surface area contributed by atoms with E-state index in [4.69, 9.17) is 5.11 Å². The Balaban J connectivity index is 2.35. The Morgan fingerprint density at radius 2 is 1.78 bits per heavy atom. The molecular weight excluding hydrogens is 348 g/mol. The van der Waals surface area contributed by atoms with Gasteiger partial charge in [0.2, 0.25) is 5.52 Å². The first-order valence-corrected chi connectivity index (χ1v) is 10.1. The van der Waals surface area contributed by atoms with Gasteiger partial charge < -0.3 is 24.7 Å². The Morgan fingerprint density at radius 3 is 2.30 bits per heavy atom. The van der Waals surface area contributed by atoms with Crippen molar-refractivity contribution in [3.05, 3.63) is 34.9 Å². The van der Waals surface area contributed by atoms with Crippen molar-refractivity contribution in [1.29, 1.82) is 0 Å². The summed E-state index contributed by atoms with van der Waals surface area (Å²) >= 11 is 0. The summed E-state index contributed by atoms with van der Waals surface area (Å²) in [6.07, 6.45) is 1.61. The third-order valence-electron chi connectivity index (χ3n) is 3.69. The van der Waals surface area contributed by atoms with Gasteiger partial charge in [-0.3, -0.25) is 14.4 Å². The maximum atomic E-state index is 11.4. The first kappa shape index (κ1) is 18.3. The van der Waals surface area contributed by atoms with Gasteiger partial charge in [-0.2, -0.15) is 0 Å². The summed E-state index contributed by atoms with van der Waals surface area (Å²) < 4.78 is 22.7. The number of aromatic carboxylic acids is 1. The Kier molecular flexibility index (Phi) is 5.13. The summed E-state index contributed by atoms with van der Waals surface area (Å²) in [5.41, 5.74) is -0.923. The molecule has 9 nitrogen and oxygen atoms in total. The fourth-order valence-electron chi connectivity index (χ4n) is 2.69. The molecule has 1 aromatic carbocycles. The van der Waals surface area contributed by atoms with Crippen LogP contribution in [-0.4, -0.2) is 36.2 Å². The van der Waals surface area contributed by atoms with E-state index in [1.807, 2.05) is 0 Å². The number of carbonyl (C=O) groups is 1. The van der Waals surface area contributed by atoms with E-state index in [9.17, 15) is 33.5 Å². The van der Waals surface area contributed by atoms with E-state index >= 15 is 0 Å². The number of hydrogen-bond donors (Lipinski definition) is 6. The zero-order chi connectivity index (χ0) is 17.4. The second kappa shape index (κ2) is 6.45.